The number of nitrogens with one attached hydrogen (secondary N) is 1. The van der Waals surface area contributed by atoms with Crippen LogP contribution in [0.15, 0.2) is 0 Å². The number of hydrogen-bond acceptors (Lipinski definition) is 4. The van der Waals surface area contributed by atoms with Crippen molar-refractivity contribution in [2.24, 2.45) is 0 Å². The average Bonchev–Trinajstić information content (AvgIpc) is 2.37. The molecule has 12 heteroatoms. The lowest BCUT2D eigenvalue weighted by Gasteiger charge is -2.24. The monoisotopic (exact) mass is 347 g/mol. The molecule has 0 saturated heterocycles. The van der Waals surface area contributed by atoms with Gasteiger partial charge < -0.3 is 14.6 Å². The highest BCUT2D eigenvalue weighted by Crippen LogP contribution is 2.46. The molecular formula is C10H16F7NO4. The van der Waals surface area contributed by atoms with E-state index in [1.54, 1.807) is 14.2 Å². The number of ether oxygens (including phenoxy) is 2. The molecule has 0 aliphatic heterocycles. The Hall–Kier alpha value is -1.14. The molecule has 2 N–H and O–H groups in total. The highest BCUT2D eigenvalue weighted by molar-refractivity contribution is 5.76. The van der Waals surface area contributed by atoms with Crippen LogP contribution in [-0.2, 0) is 14.3 Å². The largest absolute Gasteiger partial charge is 0.477 e. The predicted molar refractivity (Wildman–Crippen MR) is 59.7 cm³/mol. The van der Waals surface area contributed by atoms with Crippen molar-refractivity contribution in [3.8, 4) is 0 Å². The smallest absolute Gasteiger partial charge is 0.460 e. The normalized spacial score (nSPS) is 15.6. The van der Waals surface area contributed by atoms with E-state index in [1.165, 1.54) is 0 Å². The molecule has 0 spiro atoms. The van der Waals surface area contributed by atoms with Crippen LogP contribution in [-0.4, -0.2) is 55.8 Å². The number of rotatable bonds is 6. The summed E-state index contributed by atoms with van der Waals surface area (Å²) < 4.78 is 90.4. The maximum absolute atomic E-state index is 11.8. The lowest BCUT2D eigenvalue weighted by Crippen LogP contribution is -2.56. The maximum atomic E-state index is 11.8. The van der Waals surface area contributed by atoms with Gasteiger partial charge in [-0.3, -0.25) is 5.32 Å². The second-order valence-corrected chi connectivity index (χ2v) is 3.87. The standard InChI is InChI=1S/C6H15NO2.C4HF7O2/c1-5(8-3)7-6(2)9-4;5-2(6,1(12)13)3(7,8)4(9,10)11/h5-7H,1-4H3;(H,12,13). The van der Waals surface area contributed by atoms with E-state index in [2.05, 4.69) is 5.32 Å². The van der Waals surface area contributed by atoms with Crippen LogP contribution < -0.4 is 5.32 Å². The predicted octanol–water partition coefficient (Wildman–Crippen LogP) is 2.46. The van der Waals surface area contributed by atoms with Gasteiger partial charge in [-0.05, 0) is 13.8 Å². The van der Waals surface area contributed by atoms with Gasteiger partial charge in [-0.1, -0.05) is 0 Å². The number of carboxylic acid groups (broad SMARTS) is 1. The Morgan fingerprint density at radius 1 is 0.955 bits per heavy atom. The third-order valence-corrected chi connectivity index (χ3v) is 2.20. The average molecular weight is 347 g/mol. The zero-order chi connectivity index (χ0) is 18.4. The summed E-state index contributed by atoms with van der Waals surface area (Å²) in [4.78, 5) is 9.38. The Morgan fingerprint density at radius 2 is 1.27 bits per heavy atom. The molecule has 22 heavy (non-hydrogen) atoms. The Labute approximate surface area is 121 Å². The van der Waals surface area contributed by atoms with Crippen LogP contribution in [0.4, 0.5) is 30.7 Å². The number of methoxy groups -OCH3 is 2. The van der Waals surface area contributed by atoms with Crippen LogP contribution >= 0.6 is 0 Å². The van der Waals surface area contributed by atoms with E-state index in [-0.39, 0.29) is 12.5 Å². The number of carboxylic acids is 1. The molecular weight excluding hydrogens is 331 g/mol. The minimum absolute atomic E-state index is 0.0555. The first-order valence-electron chi connectivity index (χ1n) is 5.52. The van der Waals surface area contributed by atoms with Crippen LogP contribution in [0, 0.1) is 0 Å². The summed E-state index contributed by atoms with van der Waals surface area (Å²) in [6.45, 7) is 3.85. The third-order valence-electron chi connectivity index (χ3n) is 2.20. The summed E-state index contributed by atoms with van der Waals surface area (Å²) in [5.74, 6) is -16.3. The summed E-state index contributed by atoms with van der Waals surface area (Å²) in [5, 5.41) is 10.4. The lowest BCUT2D eigenvalue weighted by atomic mass is 10.1. The molecule has 2 atom stereocenters. The fraction of sp³-hybridized carbons (Fsp3) is 0.900. The molecule has 0 fully saturated rings. The van der Waals surface area contributed by atoms with E-state index in [0.29, 0.717) is 0 Å². The fourth-order valence-corrected chi connectivity index (χ4v) is 0.779. The molecule has 0 aromatic rings. The van der Waals surface area contributed by atoms with Gasteiger partial charge in [0.1, 0.15) is 12.5 Å². The van der Waals surface area contributed by atoms with E-state index in [0.717, 1.165) is 0 Å². The van der Waals surface area contributed by atoms with Crippen molar-refractivity contribution in [2.75, 3.05) is 14.2 Å². The molecule has 0 heterocycles. The topological polar surface area (TPSA) is 67.8 Å². The second-order valence-electron chi connectivity index (χ2n) is 3.87. The van der Waals surface area contributed by atoms with E-state index in [4.69, 9.17) is 14.6 Å². The Kier molecular flexibility index (Phi) is 8.92. The first-order chi connectivity index (χ1) is 9.65. The van der Waals surface area contributed by atoms with Crippen molar-refractivity contribution < 1.29 is 50.1 Å². The van der Waals surface area contributed by atoms with Gasteiger partial charge in [0.15, 0.2) is 0 Å². The molecule has 0 saturated carbocycles. The van der Waals surface area contributed by atoms with Crippen LogP contribution in [0.25, 0.3) is 0 Å². The number of hydrogen-bond donors (Lipinski definition) is 2. The van der Waals surface area contributed by atoms with Gasteiger partial charge in [0.05, 0.1) is 0 Å². The van der Waals surface area contributed by atoms with Crippen molar-refractivity contribution in [1.82, 2.24) is 5.32 Å². The van der Waals surface area contributed by atoms with Crippen LogP contribution in [0.2, 0.25) is 0 Å². The van der Waals surface area contributed by atoms with E-state index in [9.17, 15) is 35.5 Å². The van der Waals surface area contributed by atoms with Crippen LogP contribution in [0.1, 0.15) is 13.8 Å². The minimum atomic E-state index is -6.60. The first kappa shape index (κ1) is 23.1. The van der Waals surface area contributed by atoms with Crippen molar-refractivity contribution in [2.45, 2.75) is 44.3 Å². The van der Waals surface area contributed by atoms with Gasteiger partial charge >= 0.3 is 24.0 Å². The van der Waals surface area contributed by atoms with Crippen LogP contribution in [0.3, 0.4) is 0 Å². The highest BCUT2D eigenvalue weighted by atomic mass is 19.4. The first-order valence-corrected chi connectivity index (χ1v) is 5.52. The molecule has 0 radical (unpaired) electrons. The van der Waals surface area contributed by atoms with Crippen molar-refractivity contribution in [1.29, 1.82) is 0 Å². The van der Waals surface area contributed by atoms with Gasteiger partial charge in [-0.25, -0.2) is 4.79 Å². The zero-order valence-corrected chi connectivity index (χ0v) is 12.0. The van der Waals surface area contributed by atoms with Gasteiger partial charge in [0.25, 0.3) is 0 Å². The fourth-order valence-electron chi connectivity index (χ4n) is 0.779. The van der Waals surface area contributed by atoms with Crippen molar-refractivity contribution >= 4 is 5.97 Å². The third kappa shape index (κ3) is 6.32. The summed E-state index contributed by atoms with van der Waals surface area (Å²) in [5.41, 5.74) is 0. The molecule has 0 bridgehead atoms. The van der Waals surface area contributed by atoms with Crippen molar-refractivity contribution in [3.05, 3.63) is 0 Å². The van der Waals surface area contributed by atoms with Crippen LogP contribution in [0.5, 0.6) is 0 Å². The molecule has 134 valence electrons. The molecule has 2 unspecified atom stereocenters. The Bertz CT molecular complexity index is 341. The SMILES string of the molecule is COC(C)NC(C)OC.O=C(O)C(F)(F)C(F)(F)C(F)(F)F. The van der Waals surface area contributed by atoms with Gasteiger partial charge in [-0.2, -0.15) is 30.7 Å². The molecule has 0 amide bonds. The van der Waals surface area contributed by atoms with E-state index >= 15 is 0 Å². The number of aliphatic carboxylic acids is 1. The quantitative estimate of drug-likeness (QED) is 0.571. The lowest BCUT2D eigenvalue weighted by molar-refractivity contribution is -0.347. The van der Waals surface area contributed by atoms with Gasteiger partial charge in [0, 0.05) is 14.2 Å². The van der Waals surface area contributed by atoms with E-state index < -0.39 is 24.0 Å². The molecule has 0 aliphatic rings. The number of alkyl halides is 7. The van der Waals surface area contributed by atoms with Crippen molar-refractivity contribution in [3.63, 3.8) is 0 Å². The summed E-state index contributed by atoms with van der Waals surface area (Å²) in [6.07, 6.45) is -6.49. The molecule has 0 aromatic heterocycles. The maximum Gasteiger partial charge on any atom is 0.460 e. The Morgan fingerprint density at radius 3 is 1.41 bits per heavy atom. The molecule has 0 rings (SSSR count). The van der Waals surface area contributed by atoms with Gasteiger partial charge in [-0.15, -0.1) is 0 Å². The molecule has 5 nitrogen and oxygen atoms in total. The summed E-state index contributed by atoms with van der Waals surface area (Å²) >= 11 is 0. The summed E-state index contributed by atoms with van der Waals surface area (Å²) in [6, 6.07) is 0. The molecule has 0 aromatic carbocycles. The zero-order valence-electron chi connectivity index (χ0n) is 12.0. The highest BCUT2D eigenvalue weighted by Gasteiger charge is 2.76. The van der Waals surface area contributed by atoms with Gasteiger partial charge in [0.2, 0.25) is 0 Å². The Balaban J connectivity index is 0. The number of halogens is 7. The molecule has 0 aliphatic carbocycles. The second kappa shape index (κ2) is 8.48. The number of carbonyl (C=O) groups is 1. The minimum Gasteiger partial charge on any atom is -0.477 e. The van der Waals surface area contributed by atoms with E-state index in [1.807, 2.05) is 13.8 Å². The summed E-state index contributed by atoms with van der Waals surface area (Å²) in [7, 11) is 3.31.